The van der Waals surface area contributed by atoms with E-state index in [-0.39, 0.29) is 0 Å². The number of fused-ring (bicyclic) bond motifs is 2. The van der Waals surface area contributed by atoms with Crippen LogP contribution in [0.4, 0.5) is 11.4 Å². The fraction of sp³-hybridized carbons (Fsp3) is 0.417. The molecule has 5 nitrogen and oxygen atoms in total. The smallest absolute Gasteiger partial charge is 0.109 e. The Morgan fingerprint density at radius 2 is 1.83 bits per heavy atom. The number of hydrogen-bond donors (Lipinski definition) is 1. The fourth-order valence-corrected chi connectivity index (χ4v) is 5.20. The number of aromatic amines is 1. The fourth-order valence-electron chi connectivity index (χ4n) is 5.20. The van der Waals surface area contributed by atoms with Crippen LogP contribution >= 0.6 is 0 Å². The molecule has 1 N–H and O–H groups in total. The van der Waals surface area contributed by atoms with Crippen LogP contribution in [0.5, 0.6) is 0 Å². The zero-order valence-electron chi connectivity index (χ0n) is 16.8. The van der Waals surface area contributed by atoms with Gasteiger partial charge in [0.05, 0.1) is 16.9 Å². The summed E-state index contributed by atoms with van der Waals surface area (Å²) in [7, 11) is 0. The minimum atomic E-state index is 0.479. The zero-order chi connectivity index (χ0) is 19.2. The maximum atomic E-state index is 5.02. The highest BCUT2D eigenvalue weighted by atomic mass is 15.2. The lowest BCUT2D eigenvalue weighted by Crippen LogP contribution is -2.35. The maximum Gasteiger partial charge on any atom is 0.109 e. The molecule has 148 valence electrons. The topological polar surface area (TPSA) is 47.5 Å². The van der Waals surface area contributed by atoms with Crippen LogP contribution in [-0.2, 0) is 6.42 Å². The first-order valence-corrected chi connectivity index (χ1v) is 11.0. The summed E-state index contributed by atoms with van der Waals surface area (Å²) in [6, 6.07) is 15.3. The molecule has 3 aromatic rings. The van der Waals surface area contributed by atoms with Crippen molar-refractivity contribution >= 4 is 28.1 Å². The quantitative estimate of drug-likeness (QED) is 0.700. The van der Waals surface area contributed by atoms with E-state index in [4.69, 9.17) is 4.99 Å². The first-order valence-electron chi connectivity index (χ1n) is 11.0. The molecule has 2 aromatic carbocycles. The van der Waals surface area contributed by atoms with Gasteiger partial charge in [-0.3, -0.25) is 5.10 Å². The van der Waals surface area contributed by atoms with Crippen molar-refractivity contribution in [2.45, 2.75) is 38.0 Å². The van der Waals surface area contributed by atoms with Crippen LogP contribution in [0.1, 0.15) is 42.9 Å². The van der Waals surface area contributed by atoms with Crippen molar-refractivity contribution in [3.63, 3.8) is 0 Å². The molecule has 0 saturated carbocycles. The first kappa shape index (κ1) is 17.1. The van der Waals surface area contributed by atoms with Crippen LogP contribution in [0.2, 0.25) is 0 Å². The number of benzene rings is 2. The molecule has 2 fully saturated rings. The van der Waals surface area contributed by atoms with Crippen molar-refractivity contribution in [3.8, 4) is 0 Å². The number of anilines is 1. The largest absolute Gasteiger partial charge is 0.371 e. The van der Waals surface area contributed by atoms with Crippen molar-refractivity contribution in [2.75, 3.05) is 31.1 Å². The van der Waals surface area contributed by atoms with E-state index < -0.39 is 0 Å². The van der Waals surface area contributed by atoms with E-state index in [1.54, 1.807) is 0 Å². The second-order valence-electron chi connectivity index (χ2n) is 8.65. The summed E-state index contributed by atoms with van der Waals surface area (Å²) in [5, 5.41) is 9.11. The molecule has 5 heteroatoms. The summed E-state index contributed by atoms with van der Waals surface area (Å²) in [4.78, 5) is 10.0. The lowest BCUT2D eigenvalue weighted by atomic mass is 10.0. The molecule has 1 unspecified atom stereocenters. The highest BCUT2D eigenvalue weighted by molar-refractivity contribution is 5.93. The number of para-hydroxylation sites is 1. The Morgan fingerprint density at radius 1 is 0.931 bits per heavy atom. The van der Waals surface area contributed by atoms with Crippen molar-refractivity contribution in [3.05, 3.63) is 53.7 Å². The molecular formula is C24H27N5. The van der Waals surface area contributed by atoms with Gasteiger partial charge in [-0.1, -0.05) is 24.3 Å². The molecule has 0 amide bonds. The highest BCUT2D eigenvalue weighted by Crippen LogP contribution is 2.37. The molecular weight excluding hydrogens is 358 g/mol. The van der Waals surface area contributed by atoms with Crippen molar-refractivity contribution in [2.24, 2.45) is 4.99 Å². The monoisotopic (exact) mass is 385 g/mol. The molecule has 2 saturated heterocycles. The van der Waals surface area contributed by atoms with Gasteiger partial charge < -0.3 is 9.80 Å². The number of nitrogens with one attached hydrogen (secondary N) is 1. The number of piperidine rings is 1. The van der Waals surface area contributed by atoms with Crippen molar-refractivity contribution in [1.29, 1.82) is 0 Å². The van der Waals surface area contributed by atoms with Gasteiger partial charge in [-0.15, -0.1) is 0 Å². The van der Waals surface area contributed by atoms with Crippen LogP contribution < -0.4 is 4.90 Å². The van der Waals surface area contributed by atoms with Gasteiger partial charge in [0, 0.05) is 49.6 Å². The number of aromatic nitrogens is 2. The van der Waals surface area contributed by atoms with Gasteiger partial charge in [-0.25, -0.2) is 4.99 Å². The minimum Gasteiger partial charge on any atom is -0.371 e. The lowest BCUT2D eigenvalue weighted by molar-refractivity contribution is 0.339. The second kappa shape index (κ2) is 6.90. The van der Waals surface area contributed by atoms with E-state index in [0.717, 1.165) is 31.4 Å². The molecule has 1 aromatic heterocycles. The summed E-state index contributed by atoms with van der Waals surface area (Å²) >= 11 is 0. The van der Waals surface area contributed by atoms with Gasteiger partial charge in [-0.05, 0) is 49.4 Å². The lowest BCUT2D eigenvalue weighted by Gasteiger charge is -2.28. The molecule has 3 aliphatic heterocycles. The Labute approximate surface area is 171 Å². The van der Waals surface area contributed by atoms with Crippen molar-refractivity contribution in [1.82, 2.24) is 15.1 Å². The predicted octanol–water partition coefficient (Wildman–Crippen LogP) is 4.63. The number of nitrogens with zero attached hydrogens (tertiary/aromatic N) is 4. The third-order valence-corrected chi connectivity index (χ3v) is 6.83. The van der Waals surface area contributed by atoms with E-state index >= 15 is 0 Å². The van der Waals surface area contributed by atoms with Crippen molar-refractivity contribution < 1.29 is 0 Å². The molecule has 0 spiro atoms. The third-order valence-electron chi connectivity index (χ3n) is 6.83. The van der Waals surface area contributed by atoms with Crippen LogP contribution in [-0.4, -0.2) is 47.1 Å². The second-order valence-corrected chi connectivity index (χ2v) is 8.65. The van der Waals surface area contributed by atoms with E-state index in [1.807, 2.05) is 0 Å². The molecule has 0 bridgehead atoms. The molecule has 29 heavy (non-hydrogen) atoms. The Morgan fingerprint density at radius 3 is 2.76 bits per heavy atom. The Kier molecular flexibility index (Phi) is 4.06. The standard InChI is InChI=1S/C24H27N5/c1-4-11-28(12-5-1)23-14-17-8-9-19(15-22(17)25-23)29-13-10-18(16-29)24-20-6-2-3-7-21(20)26-27-24/h2-3,6-9,15,18H,1,4-5,10-14,16H2,(H,26,27). The molecule has 6 rings (SSSR count). The van der Waals surface area contributed by atoms with Gasteiger partial charge in [0.15, 0.2) is 0 Å². The molecule has 0 aliphatic carbocycles. The van der Waals surface area contributed by atoms with Gasteiger partial charge in [0.2, 0.25) is 0 Å². The van der Waals surface area contributed by atoms with E-state index in [2.05, 4.69) is 62.5 Å². The zero-order valence-corrected chi connectivity index (χ0v) is 16.8. The van der Waals surface area contributed by atoms with Gasteiger partial charge in [0.25, 0.3) is 0 Å². The first-order chi connectivity index (χ1) is 14.3. The van der Waals surface area contributed by atoms with E-state index in [9.17, 15) is 0 Å². The Bertz CT molecular complexity index is 1080. The Hall–Kier alpha value is -2.82. The SMILES string of the molecule is c1ccc2c(C3CCN(c4ccc5c(c4)N=C(N4CCCCC4)C5)C3)n[nH]c2c1. The summed E-state index contributed by atoms with van der Waals surface area (Å²) < 4.78 is 0. The van der Waals surface area contributed by atoms with Gasteiger partial charge >= 0.3 is 0 Å². The van der Waals surface area contributed by atoms with Gasteiger partial charge in [-0.2, -0.15) is 5.10 Å². The average Bonchev–Trinajstić information content (AvgIpc) is 3.51. The van der Waals surface area contributed by atoms with E-state index in [0.29, 0.717) is 5.92 Å². The number of amidine groups is 1. The molecule has 1 atom stereocenters. The number of aliphatic imine (C=N–C) groups is 1. The number of rotatable bonds is 2. The number of hydrogen-bond acceptors (Lipinski definition) is 4. The number of H-pyrrole nitrogens is 1. The summed E-state index contributed by atoms with van der Waals surface area (Å²) in [6.07, 6.45) is 6.11. The van der Waals surface area contributed by atoms with Crippen LogP contribution in [0.3, 0.4) is 0 Å². The Balaban J connectivity index is 1.22. The van der Waals surface area contributed by atoms with Crippen LogP contribution in [0, 0.1) is 0 Å². The van der Waals surface area contributed by atoms with Crippen LogP contribution in [0.15, 0.2) is 47.5 Å². The van der Waals surface area contributed by atoms with Gasteiger partial charge in [0.1, 0.15) is 5.84 Å². The maximum absolute atomic E-state index is 5.02. The molecule has 4 heterocycles. The molecule has 0 radical (unpaired) electrons. The third kappa shape index (κ3) is 3.00. The minimum absolute atomic E-state index is 0.479. The summed E-state index contributed by atoms with van der Waals surface area (Å²) in [6.45, 7) is 4.44. The summed E-state index contributed by atoms with van der Waals surface area (Å²) in [5.41, 5.74) is 6.21. The highest BCUT2D eigenvalue weighted by Gasteiger charge is 2.28. The predicted molar refractivity (Wildman–Crippen MR) is 118 cm³/mol. The summed E-state index contributed by atoms with van der Waals surface area (Å²) in [5.74, 6) is 1.76. The van der Waals surface area contributed by atoms with E-state index in [1.165, 1.54) is 66.2 Å². The molecule has 3 aliphatic rings. The normalized spacial score (nSPS) is 21.7. The number of likely N-dealkylation sites (tertiary alicyclic amines) is 1. The van der Waals surface area contributed by atoms with Crippen LogP contribution in [0.25, 0.3) is 10.9 Å². The average molecular weight is 386 g/mol.